The van der Waals surface area contributed by atoms with Crippen LogP contribution < -0.4 is 0 Å². The van der Waals surface area contributed by atoms with Gasteiger partial charge in [-0.15, -0.1) is 11.3 Å². The average Bonchev–Trinajstić information content (AvgIpc) is 3.19. The van der Waals surface area contributed by atoms with Crippen molar-refractivity contribution in [1.29, 1.82) is 0 Å². The SMILES string of the molecule is CC(C)c1cc([C@H]2CCCN2C(=O)Cc2cccs2)no1. The first-order chi connectivity index (χ1) is 10.1. The third kappa shape index (κ3) is 3.02. The fraction of sp³-hybridized carbons (Fsp3) is 0.500. The van der Waals surface area contributed by atoms with E-state index in [1.54, 1.807) is 11.3 Å². The first-order valence-electron chi connectivity index (χ1n) is 7.43. The van der Waals surface area contributed by atoms with Crippen molar-refractivity contribution in [2.45, 2.75) is 45.1 Å². The molecule has 0 saturated carbocycles. The van der Waals surface area contributed by atoms with E-state index in [9.17, 15) is 4.79 Å². The van der Waals surface area contributed by atoms with Crippen LogP contribution in [0.1, 0.15) is 55.0 Å². The van der Waals surface area contributed by atoms with Crippen LogP contribution in [0.4, 0.5) is 0 Å². The van der Waals surface area contributed by atoms with Crippen molar-refractivity contribution < 1.29 is 9.32 Å². The largest absolute Gasteiger partial charge is 0.361 e. The Labute approximate surface area is 128 Å². The lowest BCUT2D eigenvalue weighted by Gasteiger charge is -2.22. The maximum absolute atomic E-state index is 12.5. The Morgan fingerprint density at radius 1 is 1.57 bits per heavy atom. The number of aromatic nitrogens is 1. The molecule has 0 aromatic carbocycles. The zero-order valence-corrected chi connectivity index (χ0v) is 13.2. The summed E-state index contributed by atoms with van der Waals surface area (Å²) in [5.74, 6) is 1.40. The summed E-state index contributed by atoms with van der Waals surface area (Å²) in [6.07, 6.45) is 2.49. The lowest BCUT2D eigenvalue weighted by Crippen LogP contribution is -2.31. The van der Waals surface area contributed by atoms with Crippen molar-refractivity contribution in [2.75, 3.05) is 6.54 Å². The summed E-state index contributed by atoms with van der Waals surface area (Å²) in [5.41, 5.74) is 0.899. The molecule has 0 spiro atoms. The van der Waals surface area contributed by atoms with Crippen LogP contribution in [0.2, 0.25) is 0 Å². The maximum atomic E-state index is 12.5. The molecule has 2 aromatic rings. The number of likely N-dealkylation sites (tertiary alicyclic amines) is 1. The summed E-state index contributed by atoms with van der Waals surface area (Å²) in [5, 5.41) is 6.19. The van der Waals surface area contributed by atoms with Gasteiger partial charge in [0.1, 0.15) is 11.5 Å². The van der Waals surface area contributed by atoms with Crippen LogP contribution >= 0.6 is 11.3 Å². The third-order valence-corrected chi connectivity index (χ3v) is 4.81. The van der Waals surface area contributed by atoms with Crippen molar-refractivity contribution in [1.82, 2.24) is 10.1 Å². The molecule has 0 bridgehead atoms. The summed E-state index contributed by atoms with van der Waals surface area (Å²) < 4.78 is 5.39. The van der Waals surface area contributed by atoms with Gasteiger partial charge in [-0.2, -0.15) is 0 Å². The fourth-order valence-electron chi connectivity index (χ4n) is 2.77. The van der Waals surface area contributed by atoms with E-state index in [2.05, 4.69) is 19.0 Å². The Hall–Kier alpha value is -1.62. The lowest BCUT2D eigenvalue weighted by molar-refractivity contribution is -0.131. The van der Waals surface area contributed by atoms with E-state index in [1.807, 2.05) is 28.5 Å². The van der Waals surface area contributed by atoms with Gasteiger partial charge in [-0.1, -0.05) is 25.1 Å². The monoisotopic (exact) mass is 304 g/mol. The molecule has 21 heavy (non-hydrogen) atoms. The molecule has 0 aliphatic carbocycles. The molecule has 0 N–H and O–H groups in total. The van der Waals surface area contributed by atoms with Crippen molar-refractivity contribution in [2.24, 2.45) is 0 Å². The Balaban J connectivity index is 1.73. The number of thiophene rings is 1. The highest BCUT2D eigenvalue weighted by Gasteiger charge is 2.32. The van der Waals surface area contributed by atoms with Gasteiger partial charge in [0.15, 0.2) is 0 Å². The van der Waals surface area contributed by atoms with E-state index in [1.165, 1.54) is 0 Å². The van der Waals surface area contributed by atoms with E-state index < -0.39 is 0 Å². The Kier molecular flexibility index (Phi) is 4.10. The molecule has 5 heteroatoms. The molecule has 3 rings (SSSR count). The average molecular weight is 304 g/mol. The second-order valence-corrected chi connectivity index (χ2v) is 6.84. The smallest absolute Gasteiger partial charge is 0.228 e. The minimum Gasteiger partial charge on any atom is -0.361 e. The van der Waals surface area contributed by atoms with Gasteiger partial charge in [-0.05, 0) is 24.3 Å². The van der Waals surface area contributed by atoms with Crippen LogP contribution in [0, 0.1) is 0 Å². The van der Waals surface area contributed by atoms with Crippen LogP contribution in [0.5, 0.6) is 0 Å². The van der Waals surface area contributed by atoms with E-state index in [4.69, 9.17) is 4.52 Å². The minimum atomic E-state index is 0.0775. The normalized spacial score (nSPS) is 18.6. The second-order valence-electron chi connectivity index (χ2n) is 5.81. The summed E-state index contributed by atoms with van der Waals surface area (Å²) in [7, 11) is 0. The van der Waals surface area contributed by atoms with Crippen molar-refractivity contribution in [3.63, 3.8) is 0 Å². The third-order valence-electron chi connectivity index (χ3n) is 3.94. The molecule has 1 saturated heterocycles. The molecule has 3 heterocycles. The molecule has 4 nitrogen and oxygen atoms in total. The molecule has 1 aliphatic rings. The predicted molar refractivity (Wildman–Crippen MR) is 82.3 cm³/mol. The number of rotatable bonds is 4. The lowest BCUT2D eigenvalue weighted by atomic mass is 10.1. The number of carbonyl (C=O) groups is 1. The van der Waals surface area contributed by atoms with Crippen LogP contribution in [0.3, 0.4) is 0 Å². The van der Waals surface area contributed by atoms with Gasteiger partial charge in [0.25, 0.3) is 0 Å². The first kappa shape index (κ1) is 14.3. The molecule has 2 aromatic heterocycles. The number of amides is 1. The van der Waals surface area contributed by atoms with Gasteiger partial charge < -0.3 is 9.42 Å². The number of nitrogens with zero attached hydrogens (tertiary/aromatic N) is 2. The number of carbonyl (C=O) groups excluding carboxylic acids is 1. The van der Waals surface area contributed by atoms with Crippen LogP contribution in [-0.2, 0) is 11.2 Å². The zero-order valence-electron chi connectivity index (χ0n) is 12.4. The predicted octanol–water partition coefficient (Wildman–Crippen LogP) is 3.77. The first-order valence-corrected chi connectivity index (χ1v) is 8.31. The van der Waals surface area contributed by atoms with Gasteiger partial charge in [0, 0.05) is 23.4 Å². The molecule has 112 valence electrons. The van der Waals surface area contributed by atoms with Crippen molar-refractivity contribution in [3.8, 4) is 0 Å². The summed E-state index contributed by atoms with van der Waals surface area (Å²) >= 11 is 1.63. The Morgan fingerprint density at radius 2 is 2.43 bits per heavy atom. The highest BCUT2D eigenvalue weighted by Crippen LogP contribution is 2.33. The van der Waals surface area contributed by atoms with Gasteiger partial charge >= 0.3 is 0 Å². The van der Waals surface area contributed by atoms with Crippen molar-refractivity contribution >= 4 is 17.2 Å². The topological polar surface area (TPSA) is 46.3 Å². The molecule has 0 radical (unpaired) electrons. The molecule has 1 aliphatic heterocycles. The van der Waals surface area contributed by atoms with E-state index in [-0.39, 0.29) is 11.9 Å². The molecular weight excluding hydrogens is 284 g/mol. The quantitative estimate of drug-likeness (QED) is 0.864. The molecule has 1 amide bonds. The standard InChI is InChI=1S/C16H20N2O2S/c1-11(2)15-10-13(17-20-15)14-6-3-7-18(14)16(19)9-12-5-4-8-21-12/h4-5,8,10-11,14H,3,6-7,9H2,1-2H3/t14-/m1/s1. The summed E-state index contributed by atoms with van der Waals surface area (Å²) in [6.45, 7) is 4.98. The Morgan fingerprint density at radius 3 is 3.10 bits per heavy atom. The van der Waals surface area contributed by atoms with Gasteiger partial charge in [-0.3, -0.25) is 4.79 Å². The molecule has 1 atom stereocenters. The van der Waals surface area contributed by atoms with Gasteiger partial charge in [-0.25, -0.2) is 0 Å². The highest BCUT2D eigenvalue weighted by atomic mass is 32.1. The Bertz CT molecular complexity index is 604. The van der Waals surface area contributed by atoms with E-state index >= 15 is 0 Å². The van der Waals surface area contributed by atoms with Crippen LogP contribution in [-0.4, -0.2) is 22.5 Å². The van der Waals surface area contributed by atoms with Gasteiger partial charge in [0.05, 0.1) is 12.5 Å². The fourth-order valence-corrected chi connectivity index (χ4v) is 3.47. The van der Waals surface area contributed by atoms with E-state index in [0.717, 1.165) is 35.7 Å². The second kappa shape index (κ2) is 6.02. The zero-order chi connectivity index (χ0) is 14.8. The number of hydrogen-bond donors (Lipinski definition) is 0. The molecular formula is C16H20N2O2S. The maximum Gasteiger partial charge on any atom is 0.228 e. The van der Waals surface area contributed by atoms with Crippen molar-refractivity contribution in [3.05, 3.63) is 39.9 Å². The van der Waals surface area contributed by atoms with Crippen LogP contribution in [0.25, 0.3) is 0 Å². The summed E-state index contributed by atoms with van der Waals surface area (Å²) in [4.78, 5) is 15.6. The number of hydrogen-bond acceptors (Lipinski definition) is 4. The van der Waals surface area contributed by atoms with Crippen LogP contribution in [0.15, 0.2) is 28.1 Å². The highest BCUT2D eigenvalue weighted by molar-refractivity contribution is 7.10. The summed E-state index contributed by atoms with van der Waals surface area (Å²) in [6, 6.07) is 6.09. The molecule has 0 unspecified atom stereocenters. The molecule has 1 fully saturated rings. The van der Waals surface area contributed by atoms with E-state index in [0.29, 0.717) is 12.3 Å². The minimum absolute atomic E-state index is 0.0775. The van der Waals surface area contributed by atoms with Gasteiger partial charge in [0.2, 0.25) is 5.91 Å².